The molecule has 1 fully saturated rings. The van der Waals surface area contributed by atoms with Gasteiger partial charge in [-0.05, 0) is 55.5 Å². The molecule has 3 rings (SSSR count). The minimum absolute atomic E-state index is 0.00580. The number of sulfone groups is 1. The van der Waals surface area contributed by atoms with Crippen LogP contribution in [0, 0.1) is 11.7 Å². The fourth-order valence-corrected chi connectivity index (χ4v) is 5.41. The van der Waals surface area contributed by atoms with Crippen LogP contribution in [0.15, 0.2) is 47.6 Å². The largest absolute Gasteiger partial charge is 0.493 e. The van der Waals surface area contributed by atoms with Crippen LogP contribution in [0.5, 0.6) is 5.75 Å². The van der Waals surface area contributed by atoms with Crippen LogP contribution in [-0.2, 0) is 9.84 Å². The zero-order valence-electron chi connectivity index (χ0n) is 12.9. The Morgan fingerprint density at radius 1 is 1.21 bits per heavy atom. The van der Waals surface area contributed by atoms with Gasteiger partial charge in [-0.1, -0.05) is 11.6 Å². The maximum atomic E-state index is 13.1. The molecule has 0 amide bonds. The van der Waals surface area contributed by atoms with Gasteiger partial charge in [0.25, 0.3) is 0 Å². The van der Waals surface area contributed by atoms with Crippen LogP contribution in [0.4, 0.5) is 4.39 Å². The summed E-state index contributed by atoms with van der Waals surface area (Å²) in [5.74, 6) is 0.337. The fraction of sp³-hybridized carbons (Fsp3) is 0.353. The van der Waals surface area contributed by atoms with Crippen molar-refractivity contribution in [3.05, 3.63) is 53.6 Å². The maximum Gasteiger partial charge on any atom is 0.182 e. The van der Waals surface area contributed by atoms with Crippen LogP contribution in [0.2, 0.25) is 5.02 Å². The first kappa shape index (κ1) is 17.2. The molecule has 1 aliphatic rings. The molecule has 2 atom stereocenters. The van der Waals surface area contributed by atoms with Gasteiger partial charge in [0.05, 0.1) is 21.8 Å². The molecule has 1 aromatic carbocycles. The van der Waals surface area contributed by atoms with Gasteiger partial charge in [-0.15, -0.1) is 0 Å². The molecule has 0 N–H and O–H groups in total. The molecule has 1 heterocycles. The monoisotopic (exact) mass is 369 g/mol. The Morgan fingerprint density at radius 2 is 1.96 bits per heavy atom. The Morgan fingerprint density at radius 3 is 2.67 bits per heavy atom. The average Bonchev–Trinajstić information content (AvgIpc) is 3.03. The minimum atomic E-state index is -3.57. The smallest absolute Gasteiger partial charge is 0.182 e. The predicted octanol–water partition coefficient (Wildman–Crippen LogP) is 3.90. The third-order valence-electron chi connectivity index (χ3n) is 4.27. The molecular weight excluding hydrogens is 353 g/mol. The molecule has 1 aromatic heterocycles. The summed E-state index contributed by atoms with van der Waals surface area (Å²) in [5, 5.41) is -0.571. The highest BCUT2D eigenvalue weighted by Gasteiger charge is 2.36. The summed E-state index contributed by atoms with van der Waals surface area (Å²) in [6.45, 7) is 0.465. The van der Waals surface area contributed by atoms with Crippen molar-refractivity contribution >= 4 is 21.4 Å². The third kappa shape index (κ3) is 3.70. The summed E-state index contributed by atoms with van der Waals surface area (Å²) in [6, 6.07) is 6.93. The number of rotatable bonds is 5. The number of benzene rings is 1. The number of ether oxygens (including phenoxy) is 1. The van der Waals surface area contributed by atoms with Gasteiger partial charge in [-0.2, -0.15) is 0 Å². The van der Waals surface area contributed by atoms with E-state index in [9.17, 15) is 12.8 Å². The Kier molecular flexibility index (Phi) is 5.06. The van der Waals surface area contributed by atoms with E-state index in [2.05, 4.69) is 4.98 Å². The first-order valence-corrected chi connectivity index (χ1v) is 9.61. The van der Waals surface area contributed by atoms with Gasteiger partial charge in [-0.25, -0.2) is 12.8 Å². The number of halogens is 2. The molecule has 4 nitrogen and oxygen atoms in total. The van der Waals surface area contributed by atoms with Crippen LogP contribution in [-0.4, -0.2) is 25.3 Å². The van der Waals surface area contributed by atoms with Gasteiger partial charge < -0.3 is 4.74 Å². The first-order chi connectivity index (χ1) is 11.5. The van der Waals surface area contributed by atoms with E-state index in [0.29, 0.717) is 19.4 Å². The zero-order valence-corrected chi connectivity index (χ0v) is 14.4. The molecule has 1 saturated carbocycles. The molecule has 2 aromatic rings. The van der Waals surface area contributed by atoms with Crippen LogP contribution in [0.3, 0.4) is 0 Å². The highest BCUT2D eigenvalue weighted by molar-refractivity contribution is 7.92. The number of hydrogen-bond acceptors (Lipinski definition) is 4. The summed E-state index contributed by atoms with van der Waals surface area (Å²) in [7, 11) is -3.57. The summed E-state index contributed by atoms with van der Waals surface area (Å²) < 4.78 is 44.3. The number of pyridine rings is 1. The Balaban J connectivity index is 1.66. The molecule has 128 valence electrons. The highest BCUT2D eigenvalue weighted by atomic mass is 35.5. The van der Waals surface area contributed by atoms with Gasteiger partial charge in [0.1, 0.15) is 11.6 Å². The van der Waals surface area contributed by atoms with Crippen molar-refractivity contribution in [1.82, 2.24) is 4.98 Å². The van der Waals surface area contributed by atoms with Gasteiger partial charge in [0, 0.05) is 12.4 Å². The molecule has 0 saturated heterocycles. The standard InChI is InChI=1S/C17H17ClFNO3S/c18-16-10-13(19)2-4-17(16)24(21,22)15-3-1-12(9-15)11-23-14-5-7-20-8-6-14/h2,4-8,10,12,15H,1,3,9,11H2/t12-,15+/m1/s1. The number of hydrogen-bond donors (Lipinski definition) is 0. The molecule has 0 spiro atoms. The van der Waals surface area contributed by atoms with E-state index in [-0.39, 0.29) is 15.8 Å². The lowest BCUT2D eigenvalue weighted by Gasteiger charge is -2.14. The van der Waals surface area contributed by atoms with Crippen molar-refractivity contribution in [2.75, 3.05) is 6.61 Å². The lowest BCUT2D eigenvalue weighted by molar-refractivity contribution is 0.252. The topological polar surface area (TPSA) is 56.3 Å². The Bertz CT molecular complexity index is 814. The van der Waals surface area contributed by atoms with Crippen molar-refractivity contribution in [2.24, 2.45) is 5.92 Å². The second-order valence-electron chi connectivity index (χ2n) is 5.91. The van der Waals surface area contributed by atoms with Crippen LogP contribution in [0.25, 0.3) is 0 Å². The number of aromatic nitrogens is 1. The van der Waals surface area contributed by atoms with E-state index in [1.165, 1.54) is 6.07 Å². The van der Waals surface area contributed by atoms with Gasteiger partial charge >= 0.3 is 0 Å². The maximum absolute atomic E-state index is 13.1. The lowest BCUT2D eigenvalue weighted by atomic mass is 10.1. The van der Waals surface area contributed by atoms with E-state index in [0.717, 1.165) is 24.3 Å². The van der Waals surface area contributed by atoms with Gasteiger partial charge in [0.15, 0.2) is 9.84 Å². The van der Waals surface area contributed by atoms with Crippen molar-refractivity contribution in [2.45, 2.75) is 29.4 Å². The Hall–Kier alpha value is -1.66. The second-order valence-corrected chi connectivity index (χ2v) is 8.52. The normalized spacial score (nSPS) is 20.9. The minimum Gasteiger partial charge on any atom is -0.493 e. The fourth-order valence-electron chi connectivity index (χ4n) is 3.00. The highest BCUT2D eigenvalue weighted by Crippen LogP contribution is 2.36. The van der Waals surface area contributed by atoms with Crippen molar-refractivity contribution < 1.29 is 17.5 Å². The first-order valence-electron chi connectivity index (χ1n) is 7.68. The molecule has 7 heteroatoms. The van der Waals surface area contributed by atoms with Crippen LogP contribution >= 0.6 is 11.6 Å². The van der Waals surface area contributed by atoms with E-state index in [1.54, 1.807) is 24.5 Å². The Labute approximate surface area is 145 Å². The van der Waals surface area contributed by atoms with Gasteiger partial charge in [0.2, 0.25) is 0 Å². The molecule has 0 aliphatic heterocycles. The summed E-state index contributed by atoms with van der Waals surface area (Å²) in [4.78, 5) is 3.92. The summed E-state index contributed by atoms with van der Waals surface area (Å²) in [6.07, 6.45) is 5.14. The van der Waals surface area contributed by atoms with Crippen molar-refractivity contribution in [3.63, 3.8) is 0 Å². The average molecular weight is 370 g/mol. The third-order valence-corrected chi connectivity index (χ3v) is 6.97. The van der Waals surface area contributed by atoms with Crippen LogP contribution < -0.4 is 4.74 Å². The number of nitrogens with zero attached hydrogens (tertiary/aromatic N) is 1. The molecule has 0 bridgehead atoms. The molecule has 24 heavy (non-hydrogen) atoms. The van der Waals surface area contributed by atoms with Gasteiger partial charge in [-0.3, -0.25) is 4.98 Å². The van der Waals surface area contributed by atoms with Crippen molar-refractivity contribution in [3.8, 4) is 5.75 Å². The molecule has 1 aliphatic carbocycles. The van der Waals surface area contributed by atoms with E-state index in [1.807, 2.05) is 0 Å². The molecule has 0 unspecified atom stereocenters. The lowest BCUT2D eigenvalue weighted by Crippen LogP contribution is -2.20. The predicted molar refractivity (Wildman–Crippen MR) is 89.5 cm³/mol. The second kappa shape index (κ2) is 7.07. The molecule has 0 radical (unpaired) electrons. The summed E-state index contributed by atoms with van der Waals surface area (Å²) in [5.41, 5.74) is 0. The van der Waals surface area contributed by atoms with Crippen LogP contribution in [0.1, 0.15) is 19.3 Å². The quantitative estimate of drug-likeness (QED) is 0.750. The van der Waals surface area contributed by atoms with E-state index in [4.69, 9.17) is 16.3 Å². The van der Waals surface area contributed by atoms with E-state index >= 15 is 0 Å². The van der Waals surface area contributed by atoms with E-state index < -0.39 is 20.9 Å². The zero-order chi connectivity index (χ0) is 17.2. The summed E-state index contributed by atoms with van der Waals surface area (Å²) >= 11 is 5.92. The molecular formula is C17H17ClFNO3S. The SMILES string of the molecule is O=S(=O)(c1ccc(F)cc1Cl)[C@H]1CC[C@@H](COc2ccncc2)C1. The van der Waals surface area contributed by atoms with Crippen molar-refractivity contribution in [1.29, 1.82) is 0 Å².